The van der Waals surface area contributed by atoms with Crippen LogP contribution in [0.5, 0.6) is 0 Å². The number of thiophene rings is 1. The van der Waals surface area contributed by atoms with Gasteiger partial charge in [-0.25, -0.2) is 24.9 Å². The summed E-state index contributed by atoms with van der Waals surface area (Å²) >= 11 is 1.69. The van der Waals surface area contributed by atoms with Crippen molar-refractivity contribution in [1.82, 2.24) is 24.9 Å². The minimum absolute atomic E-state index is 0.634. The maximum Gasteiger partial charge on any atom is 0.164 e. The van der Waals surface area contributed by atoms with Gasteiger partial charge in [0.2, 0.25) is 0 Å². The zero-order chi connectivity index (χ0) is 39.1. The first kappa shape index (κ1) is 34.6. The Labute approximate surface area is 345 Å². The SMILES string of the molecule is c1ccc(-c2ccc(-c3nc(-c4ccccc4)nc(-c4ccc(-c5ccc(-c6cccc(-c7ccc8nc9sc%10ccccc%10c9nc8c7)c6)cc5)cc4)n3)cc2)cc1. The lowest BCUT2D eigenvalue weighted by Crippen LogP contribution is -2.00. The van der Waals surface area contributed by atoms with Crippen LogP contribution in [0.2, 0.25) is 0 Å². The molecule has 0 unspecified atom stereocenters. The quantitative estimate of drug-likeness (QED) is 0.161. The van der Waals surface area contributed by atoms with Crippen molar-refractivity contribution in [3.8, 4) is 78.7 Å². The molecule has 0 aliphatic rings. The summed E-state index contributed by atoms with van der Waals surface area (Å²) in [5.74, 6) is 1.92. The molecule has 6 heteroatoms. The van der Waals surface area contributed by atoms with Crippen LogP contribution in [0.4, 0.5) is 0 Å². The third-order valence-electron chi connectivity index (χ3n) is 10.8. The molecule has 0 bridgehead atoms. The van der Waals surface area contributed by atoms with Gasteiger partial charge in [-0.15, -0.1) is 11.3 Å². The Balaban J connectivity index is 0.862. The van der Waals surface area contributed by atoms with Gasteiger partial charge in [-0.2, -0.15) is 0 Å². The van der Waals surface area contributed by atoms with Crippen LogP contribution in [0.3, 0.4) is 0 Å². The van der Waals surface area contributed by atoms with E-state index in [0.717, 1.165) is 82.4 Å². The zero-order valence-electron chi connectivity index (χ0n) is 31.7. The van der Waals surface area contributed by atoms with Crippen molar-refractivity contribution >= 4 is 42.8 Å². The van der Waals surface area contributed by atoms with E-state index in [0.29, 0.717) is 17.5 Å². The average molecular weight is 772 g/mol. The number of rotatable bonds is 7. The Morgan fingerprint density at radius 1 is 0.271 bits per heavy atom. The summed E-state index contributed by atoms with van der Waals surface area (Å²) in [4.78, 5) is 25.9. The van der Waals surface area contributed by atoms with Crippen molar-refractivity contribution in [1.29, 1.82) is 0 Å². The number of fused-ring (bicyclic) bond motifs is 4. The van der Waals surface area contributed by atoms with Crippen molar-refractivity contribution in [3.05, 3.63) is 200 Å². The third-order valence-corrected chi connectivity index (χ3v) is 11.8. The molecule has 0 aliphatic heterocycles. The van der Waals surface area contributed by atoms with Crippen LogP contribution in [0.25, 0.3) is 110 Å². The molecule has 5 nitrogen and oxygen atoms in total. The Morgan fingerprint density at radius 2 is 0.678 bits per heavy atom. The van der Waals surface area contributed by atoms with Crippen molar-refractivity contribution in [2.75, 3.05) is 0 Å². The molecular weight excluding hydrogens is 739 g/mol. The Hall–Kier alpha value is -7.67. The van der Waals surface area contributed by atoms with E-state index in [1.165, 1.54) is 10.3 Å². The maximum atomic E-state index is 5.08. The van der Waals surface area contributed by atoms with E-state index in [1.54, 1.807) is 11.3 Å². The molecule has 3 heterocycles. The van der Waals surface area contributed by atoms with Crippen LogP contribution < -0.4 is 0 Å². The van der Waals surface area contributed by atoms with Crippen LogP contribution in [0, 0.1) is 0 Å². The van der Waals surface area contributed by atoms with E-state index in [2.05, 4.69) is 164 Å². The molecular formula is C53H33N5S. The molecule has 0 atom stereocenters. The lowest BCUT2D eigenvalue weighted by molar-refractivity contribution is 1.07. The third kappa shape index (κ3) is 6.71. The molecule has 0 N–H and O–H groups in total. The second-order valence-electron chi connectivity index (χ2n) is 14.5. The van der Waals surface area contributed by atoms with Gasteiger partial charge in [0.05, 0.1) is 11.0 Å². The molecule has 11 aromatic rings. The number of aromatic nitrogens is 5. The predicted molar refractivity (Wildman–Crippen MR) is 244 cm³/mol. The minimum atomic E-state index is 0.634. The van der Waals surface area contributed by atoms with Gasteiger partial charge in [-0.05, 0) is 68.8 Å². The molecule has 0 fully saturated rings. The maximum absolute atomic E-state index is 5.08. The summed E-state index contributed by atoms with van der Waals surface area (Å²) in [5, 5.41) is 1.16. The molecule has 3 aromatic heterocycles. The lowest BCUT2D eigenvalue weighted by atomic mass is 9.96. The summed E-state index contributed by atoms with van der Waals surface area (Å²) in [6, 6.07) is 69.6. The molecule has 0 saturated carbocycles. The van der Waals surface area contributed by atoms with E-state index in [4.69, 9.17) is 24.9 Å². The summed E-state index contributed by atoms with van der Waals surface area (Å²) in [6.07, 6.45) is 0. The molecule has 59 heavy (non-hydrogen) atoms. The highest BCUT2D eigenvalue weighted by atomic mass is 32.1. The second kappa shape index (κ2) is 14.7. The van der Waals surface area contributed by atoms with Gasteiger partial charge in [0.1, 0.15) is 10.3 Å². The van der Waals surface area contributed by atoms with Crippen LogP contribution in [0.1, 0.15) is 0 Å². The number of benzene rings is 8. The molecule has 0 radical (unpaired) electrons. The fraction of sp³-hybridized carbons (Fsp3) is 0. The zero-order valence-corrected chi connectivity index (χ0v) is 32.5. The van der Waals surface area contributed by atoms with Gasteiger partial charge >= 0.3 is 0 Å². The monoisotopic (exact) mass is 771 g/mol. The van der Waals surface area contributed by atoms with E-state index >= 15 is 0 Å². The van der Waals surface area contributed by atoms with Crippen LogP contribution in [0.15, 0.2) is 200 Å². The van der Waals surface area contributed by atoms with Crippen molar-refractivity contribution in [2.45, 2.75) is 0 Å². The van der Waals surface area contributed by atoms with Gasteiger partial charge in [-0.1, -0.05) is 176 Å². The summed E-state index contributed by atoms with van der Waals surface area (Å²) in [5.41, 5.74) is 14.7. The smallest absolute Gasteiger partial charge is 0.164 e. The molecule has 0 saturated heterocycles. The predicted octanol–water partition coefficient (Wildman–Crippen LogP) is 13.9. The highest BCUT2D eigenvalue weighted by molar-refractivity contribution is 7.25. The Kier molecular flexibility index (Phi) is 8.60. The van der Waals surface area contributed by atoms with Crippen LogP contribution in [-0.4, -0.2) is 24.9 Å². The van der Waals surface area contributed by atoms with Gasteiger partial charge in [0, 0.05) is 26.8 Å². The summed E-state index contributed by atoms with van der Waals surface area (Å²) in [7, 11) is 0. The molecule has 276 valence electrons. The van der Waals surface area contributed by atoms with Crippen molar-refractivity contribution < 1.29 is 0 Å². The highest BCUT2D eigenvalue weighted by Crippen LogP contribution is 2.35. The van der Waals surface area contributed by atoms with E-state index < -0.39 is 0 Å². The molecule has 0 aliphatic carbocycles. The van der Waals surface area contributed by atoms with E-state index in [-0.39, 0.29) is 0 Å². The summed E-state index contributed by atoms with van der Waals surface area (Å²) < 4.78 is 1.21. The van der Waals surface area contributed by atoms with Crippen molar-refractivity contribution in [2.24, 2.45) is 0 Å². The highest BCUT2D eigenvalue weighted by Gasteiger charge is 2.14. The average Bonchev–Trinajstić information content (AvgIpc) is 3.68. The topological polar surface area (TPSA) is 64.5 Å². The van der Waals surface area contributed by atoms with Gasteiger partial charge in [0.25, 0.3) is 0 Å². The van der Waals surface area contributed by atoms with Crippen LogP contribution in [-0.2, 0) is 0 Å². The molecule has 8 aromatic carbocycles. The minimum Gasteiger partial charge on any atom is -0.243 e. The Bertz CT molecular complexity index is 3290. The standard InChI is InChI=1S/C53H33N5S/c1-3-10-34(11-4-1)35-22-26-40(27-23-35)51-56-50(39-12-5-2-6-13-39)57-52(58-51)41-28-24-37(25-29-41)36-18-20-38(21-19-36)42-14-9-15-43(32-42)44-30-31-46-47(33-44)54-49-45-16-7-8-17-48(45)59-53(49)55-46/h1-33H. The Morgan fingerprint density at radius 3 is 1.27 bits per heavy atom. The first-order valence-electron chi connectivity index (χ1n) is 19.6. The summed E-state index contributed by atoms with van der Waals surface area (Å²) in [6.45, 7) is 0. The van der Waals surface area contributed by atoms with Gasteiger partial charge in [0.15, 0.2) is 17.5 Å². The number of nitrogens with zero attached hydrogens (tertiary/aromatic N) is 5. The fourth-order valence-corrected chi connectivity index (χ4v) is 8.68. The second-order valence-corrected chi connectivity index (χ2v) is 15.6. The van der Waals surface area contributed by atoms with E-state index in [1.807, 2.05) is 36.4 Å². The van der Waals surface area contributed by atoms with Gasteiger partial charge < -0.3 is 0 Å². The largest absolute Gasteiger partial charge is 0.243 e. The first-order valence-corrected chi connectivity index (χ1v) is 20.4. The molecule has 0 amide bonds. The van der Waals surface area contributed by atoms with Gasteiger partial charge in [-0.3, -0.25) is 0 Å². The fourth-order valence-electron chi connectivity index (χ4n) is 7.66. The molecule has 11 rings (SSSR count). The normalized spacial score (nSPS) is 11.4. The van der Waals surface area contributed by atoms with Crippen LogP contribution >= 0.6 is 11.3 Å². The van der Waals surface area contributed by atoms with E-state index in [9.17, 15) is 0 Å². The van der Waals surface area contributed by atoms with Crippen molar-refractivity contribution in [3.63, 3.8) is 0 Å². The number of hydrogen-bond donors (Lipinski definition) is 0. The first-order chi connectivity index (χ1) is 29.2. The molecule has 0 spiro atoms. The number of hydrogen-bond acceptors (Lipinski definition) is 6. The lowest BCUT2D eigenvalue weighted by Gasteiger charge is -2.10.